The minimum absolute atomic E-state index is 0.0487. The van der Waals surface area contributed by atoms with E-state index >= 15 is 0 Å². The van der Waals surface area contributed by atoms with E-state index in [4.69, 9.17) is 0 Å². The molecular formula is C8H14N2O4S. The summed E-state index contributed by atoms with van der Waals surface area (Å²) in [7, 11) is -3.14. The number of amides is 2. The molecule has 0 aromatic carbocycles. The zero-order valence-corrected chi connectivity index (χ0v) is 9.50. The number of carbonyl (C=O) groups excluding carboxylic acids is 2. The average Bonchev–Trinajstić information content (AvgIpc) is 2.06. The molecule has 0 aromatic rings. The maximum Gasteiger partial charge on any atom is 0.242 e. The molecular weight excluding hydrogens is 220 g/mol. The van der Waals surface area contributed by atoms with Gasteiger partial charge >= 0.3 is 0 Å². The van der Waals surface area contributed by atoms with E-state index < -0.39 is 15.9 Å². The Morgan fingerprint density at radius 1 is 1.47 bits per heavy atom. The van der Waals surface area contributed by atoms with E-state index in [1.54, 1.807) is 6.92 Å². The molecule has 0 aliphatic carbocycles. The fraction of sp³-hybridized carbons (Fsp3) is 0.750. The Morgan fingerprint density at radius 3 is 2.60 bits per heavy atom. The number of sulfone groups is 1. The van der Waals surface area contributed by atoms with Crippen LogP contribution in [0.25, 0.3) is 0 Å². The van der Waals surface area contributed by atoms with Gasteiger partial charge in [-0.2, -0.15) is 0 Å². The van der Waals surface area contributed by atoms with Crippen LogP contribution in [0.15, 0.2) is 0 Å². The number of nitrogens with zero attached hydrogens (tertiary/aromatic N) is 1. The molecule has 1 unspecified atom stereocenters. The number of rotatable bonds is 3. The van der Waals surface area contributed by atoms with Crippen molar-refractivity contribution >= 4 is 21.7 Å². The molecule has 0 saturated carbocycles. The Labute approximate surface area is 88.5 Å². The Kier molecular flexibility index (Phi) is 3.33. The molecule has 0 radical (unpaired) electrons. The first-order chi connectivity index (χ1) is 6.79. The first-order valence-corrected chi connectivity index (χ1v) is 6.59. The zero-order valence-electron chi connectivity index (χ0n) is 8.69. The van der Waals surface area contributed by atoms with Gasteiger partial charge in [-0.25, -0.2) is 8.42 Å². The lowest BCUT2D eigenvalue weighted by Gasteiger charge is -2.31. The van der Waals surface area contributed by atoms with E-state index in [0.29, 0.717) is 0 Å². The summed E-state index contributed by atoms with van der Waals surface area (Å²) in [5.74, 6) is -0.618. The molecule has 0 spiro atoms. The summed E-state index contributed by atoms with van der Waals surface area (Å²) in [6.45, 7) is 1.51. The quantitative estimate of drug-likeness (QED) is 0.636. The molecule has 1 saturated heterocycles. The number of piperazine rings is 1. The summed E-state index contributed by atoms with van der Waals surface area (Å²) in [6, 6.07) is -0.460. The monoisotopic (exact) mass is 234 g/mol. The van der Waals surface area contributed by atoms with Crippen LogP contribution < -0.4 is 5.32 Å². The fourth-order valence-corrected chi connectivity index (χ4v) is 2.56. The topological polar surface area (TPSA) is 83.6 Å². The van der Waals surface area contributed by atoms with E-state index in [0.717, 1.165) is 6.26 Å². The number of nitrogens with one attached hydrogen (secondary N) is 1. The van der Waals surface area contributed by atoms with Gasteiger partial charge in [-0.05, 0) is 6.92 Å². The predicted octanol–water partition coefficient (Wildman–Crippen LogP) is -1.62. The van der Waals surface area contributed by atoms with E-state index in [1.165, 1.54) is 4.90 Å². The molecule has 1 aliphatic heterocycles. The first kappa shape index (κ1) is 12.0. The van der Waals surface area contributed by atoms with E-state index in [1.807, 2.05) is 0 Å². The van der Waals surface area contributed by atoms with E-state index in [9.17, 15) is 18.0 Å². The van der Waals surface area contributed by atoms with Gasteiger partial charge < -0.3 is 10.2 Å². The molecule has 7 heteroatoms. The molecule has 86 valence electrons. The van der Waals surface area contributed by atoms with Gasteiger partial charge in [0.05, 0.1) is 18.8 Å². The fourth-order valence-electron chi connectivity index (χ4n) is 1.50. The highest BCUT2D eigenvalue weighted by Crippen LogP contribution is 2.05. The lowest BCUT2D eigenvalue weighted by atomic mass is 10.2. The van der Waals surface area contributed by atoms with Crippen LogP contribution in [-0.2, 0) is 19.4 Å². The summed E-state index contributed by atoms with van der Waals surface area (Å²) >= 11 is 0. The highest BCUT2D eigenvalue weighted by molar-refractivity contribution is 7.90. The van der Waals surface area contributed by atoms with Crippen LogP contribution >= 0.6 is 0 Å². The van der Waals surface area contributed by atoms with Crippen LogP contribution in [0.1, 0.15) is 6.92 Å². The summed E-state index contributed by atoms with van der Waals surface area (Å²) in [5, 5.41) is 2.40. The van der Waals surface area contributed by atoms with Crippen LogP contribution in [-0.4, -0.2) is 56.3 Å². The normalized spacial score (nSPS) is 20.0. The second-order valence-corrected chi connectivity index (χ2v) is 5.92. The molecule has 1 N–H and O–H groups in total. The van der Waals surface area contributed by atoms with Gasteiger partial charge in [0.2, 0.25) is 11.8 Å². The van der Waals surface area contributed by atoms with Gasteiger partial charge in [0, 0.05) is 12.3 Å². The third-order valence-electron chi connectivity index (χ3n) is 2.15. The standard InChI is InChI=1S/C8H14N2O4S/c1-6(5-15(2,13)14)10-4-7(11)9-3-8(10)12/h6H,3-5H2,1-2H3,(H,9,11). The lowest BCUT2D eigenvalue weighted by molar-refractivity contribution is -0.142. The van der Waals surface area contributed by atoms with Gasteiger partial charge in [0.15, 0.2) is 0 Å². The van der Waals surface area contributed by atoms with Gasteiger partial charge in [-0.15, -0.1) is 0 Å². The smallest absolute Gasteiger partial charge is 0.242 e. The number of hydrogen-bond acceptors (Lipinski definition) is 4. The molecule has 1 heterocycles. The van der Waals surface area contributed by atoms with Gasteiger partial charge in [0.1, 0.15) is 9.84 Å². The van der Waals surface area contributed by atoms with Crippen molar-refractivity contribution < 1.29 is 18.0 Å². The Morgan fingerprint density at radius 2 is 2.07 bits per heavy atom. The summed E-state index contributed by atoms with van der Waals surface area (Å²) in [5.41, 5.74) is 0. The third kappa shape index (κ3) is 3.50. The van der Waals surface area contributed by atoms with Crippen LogP contribution in [0.5, 0.6) is 0 Å². The SMILES string of the molecule is CC(CS(C)(=O)=O)N1CC(=O)NCC1=O. The summed E-state index contributed by atoms with van der Waals surface area (Å²) in [4.78, 5) is 23.7. The molecule has 2 amide bonds. The van der Waals surface area contributed by atoms with Crippen molar-refractivity contribution in [2.24, 2.45) is 0 Å². The minimum atomic E-state index is -3.14. The second kappa shape index (κ2) is 4.18. The second-order valence-electron chi connectivity index (χ2n) is 3.74. The van der Waals surface area contributed by atoms with Gasteiger partial charge in [-0.3, -0.25) is 9.59 Å². The Bertz CT molecular complexity index is 376. The highest BCUT2D eigenvalue weighted by atomic mass is 32.2. The largest absolute Gasteiger partial charge is 0.345 e. The number of carbonyl (C=O) groups is 2. The van der Waals surface area contributed by atoms with Crippen LogP contribution in [0, 0.1) is 0 Å². The van der Waals surface area contributed by atoms with Crippen LogP contribution in [0.3, 0.4) is 0 Å². The zero-order chi connectivity index (χ0) is 11.6. The third-order valence-corrected chi connectivity index (χ3v) is 3.23. The predicted molar refractivity (Wildman–Crippen MR) is 53.9 cm³/mol. The highest BCUT2D eigenvalue weighted by Gasteiger charge is 2.28. The van der Waals surface area contributed by atoms with Crippen LogP contribution in [0.2, 0.25) is 0 Å². The van der Waals surface area contributed by atoms with Gasteiger partial charge in [0.25, 0.3) is 0 Å². The van der Waals surface area contributed by atoms with Crippen molar-refractivity contribution in [2.45, 2.75) is 13.0 Å². The maximum atomic E-state index is 11.4. The molecule has 1 rings (SSSR count). The van der Waals surface area contributed by atoms with E-state index in [-0.39, 0.29) is 30.7 Å². The Hall–Kier alpha value is -1.11. The molecule has 1 aliphatic rings. The number of hydrogen-bond donors (Lipinski definition) is 1. The molecule has 1 atom stereocenters. The summed E-state index contributed by atoms with van der Waals surface area (Å²) in [6.07, 6.45) is 1.11. The van der Waals surface area contributed by atoms with Crippen molar-refractivity contribution in [3.63, 3.8) is 0 Å². The first-order valence-electron chi connectivity index (χ1n) is 4.53. The molecule has 15 heavy (non-hydrogen) atoms. The van der Waals surface area contributed by atoms with Crippen LogP contribution in [0.4, 0.5) is 0 Å². The lowest BCUT2D eigenvalue weighted by Crippen LogP contribution is -2.55. The molecule has 1 fully saturated rings. The van der Waals surface area contributed by atoms with Crippen molar-refractivity contribution in [3.8, 4) is 0 Å². The van der Waals surface area contributed by atoms with Crippen molar-refractivity contribution in [3.05, 3.63) is 0 Å². The van der Waals surface area contributed by atoms with Crippen molar-refractivity contribution in [2.75, 3.05) is 25.1 Å². The Balaban J connectivity index is 2.69. The van der Waals surface area contributed by atoms with Crippen molar-refractivity contribution in [1.82, 2.24) is 10.2 Å². The van der Waals surface area contributed by atoms with Gasteiger partial charge in [-0.1, -0.05) is 0 Å². The maximum absolute atomic E-state index is 11.4. The molecule has 6 nitrogen and oxygen atoms in total. The van der Waals surface area contributed by atoms with Crippen molar-refractivity contribution in [1.29, 1.82) is 0 Å². The average molecular weight is 234 g/mol. The summed E-state index contributed by atoms with van der Waals surface area (Å²) < 4.78 is 22.1. The molecule has 0 aromatic heterocycles. The minimum Gasteiger partial charge on any atom is -0.345 e. The molecule has 0 bridgehead atoms. The van der Waals surface area contributed by atoms with E-state index in [2.05, 4.69) is 5.32 Å².